The topological polar surface area (TPSA) is 24.4 Å². The molecule has 0 bridgehead atoms. The molecule has 2 nitrogen and oxygen atoms in total. The number of aryl methyl sites for hydroxylation is 2. The maximum Gasteiger partial charge on any atom is 0.137 e. The Morgan fingerprint density at radius 1 is 0.767 bits per heavy atom. The average Bonchev–Trinajstić information content (AvgIpc) is 2.80. The summed E-state index contributed by atoms with van der Waals surface area (Å²) < 4.78 is 0. The van der Waals surface area contributed by atoms with Crippen LogP contribution >= 0.6 is 8.07 Å². The van der Waals surface area contributed by atoms with E-state index in [1.54, 1.807) is 0 Å². The first-order valence-electron chi connectivity index (χ1n) is 9.93. The van der Waals surface area contributed by atoms with Gasteiger partial charge in [0.1, 0.15) is 5.84 Å². The molecule has 3 heteroatoms. The quantitative estimate of drug-likeness (QED) is 0.260. The second kappa shape index (κ2) is 9.40. The number of rotatable bonds is 5. The summed E-state index contributed by atoms with van der Waals surface area (Å²) in [6, 6.07) is 39.5. The number of hydrogen-bond donors (Lipinski definition) is 1. The van der Waals surface area contributed by atoms with E-state index in [0.717, 1.165) is 33.5 Å². The standard InChI is InChI=1S/C27H23N2P/c1-21-13-12-14-22(2)26(21)28-27(23-15-6-3-7-16-23)29-30(24-17-8-4-9-18-24)25-19-10-5-11-20-25/h3-10,12-19H,1-2H3,(H,28,29). The highest BCUT2D eigenvalue weighted by molar-refractivity contribution is 7.71. The average molecular weight is 406 g/mol. The molecular weight excluding hydrogens is 383 g/mol. The van der Waals surface area contributed by atoms with Crippen molar-refractivity contribution in [2.75, 3.05) is 0 Å². The number of nitrogens with zero attached hydrogens (tertiary/aromatic N) is 1. The molecule has 30 heavy (non-hydrogen) atoms. The van der Waals surface area contributed by atoms with E-state index >= 15 is 0 Å². The van der Waals surface area contributed by atoms with Crippen LogP contribution in [0.15, 0.2) is 102 Å². The van der Waals surface area contributed by atoms with Crippen molar-refractivity contribution in [2.24, 2.45) is 4.99 Å². The molecule has 4 rings (SSSR count). The maximum atomic E-state index is 5.12. The SMILES string of the molecule is Cc1cccc(C)c1N=C(NP(c1c#cccc1)c1ccccc1)c1ccccc1. The van der Waals surface area contributed by atoms with Gasteiger partial charge in [-0.3, -0.25) is 0 Å². The monoisotopic (exact) mass is 406 g/mol. The number of hydrogen-bond acceptors (Lipinski definition) is 1. The molecule has 0 spiro atoms. The van der Waals surface area contributed by atoms with E-state index in [9.17, 15) is 0 Å². The van der Waals surface area contributed by atoms with Crippen LogP contribution in [0.2, 0.25) is 0 Å². The van der Waals surface area contributed by atoms with Crippen LogP contribution in [0.4, 0.5) is 5.69 Å². The third kappa shape index (κ3) is 4.60. The smallest absolute Gasteiger partial charge is 0.137 e. The zero-order valence-corrected chi connectivity index (χ0v) is 18.0. The normalized spacial score (nSPS) is 11.2. The highest BCUT2D eigenvalue weighted by Crippen LogP contribution is 2.30. The summed E-state index contributed by atoms with van der Waals surface area (Å²) in [5.41, 5.74) is 4.39. The first kappa shape index (κ1) is 19.9. The summed E-state index contributed by atoms with van der Waals surface area (Å²) >= 11 is 0. The van der Waals surface area contributed by atoms with Gasteiger partial charge in [0.25, 0.3) is 0 Å². The zero-order chi connectivity index (χ0) is 20.8. The van der Waals surface area contributed by atoms with Gasteiger partial charge < -0.3 is 5.09 Å². The van der Waals surface area contributed by atoms with Crippen LogP contribution in [0.1, 0.15) is 16.7 Å². The third-order valence-electron chi connectivity index (χ3n) is 4.82. The minimum Gasteiger partial charge on any atom is -0.341 e. The van der Waals surface area contributed by atoms with Crippen molar-refractivity contribution < 1.29 is 0 Å². The molecule has 1 N–H and O–H groups in total. The zero-order valence-electron chi connectivity index (χ0n) is 17.1. The van der Waals surface area contributed by atoms with E-state index in [1.807, 2.05) is 36.4 Å². The molecule has 0 saturated heterocycles. The van der Waals surface area contributed by atoms with Gasteiger partial charge in [0.05, 0.1) is 19.1 Å². The van der Waals surface area contributed by atoms with Crippen LogP contribution in [0.5, 0.6) is 0 Å². The van der Waals surface area contributed by atoms with Gasteiger partial charge in [0.15, 0.2) is 0 Å². The molecule has 4 aromatic rings. The summed E-state index contributed by atoms with van der Waals surface area (Å²) in [5.74, 6) is 0.861. The molecular formula is C27H23N2P. The van der Waals surface area contributed by atoms with Crippen LogP contribution in [-0.4, -0.2) is 5.84 Å². The second-order valence-electron chi connectivity index (χ2n) is 7.03. The van der Waals surface area contributed by atoms with Gasteiger partial charge in [-0.05, 0) is 37.1 Å². The number of amidine groups is 1. The molecule has 0 saturated carbocycles. The van der Waals surface area contributed by atoms with Crippen molar-refractivity contribution in [3.05, 3.63) is 126 Å². The Morgan fingerprint density at radius 3 is 2.07 bits per heavy atom. The Balaban J connectivity index is 1.83. The Hall–Kier alpha value is -3.40. The van der Waals surface area contributed by atoms with E-state index in [1.165, 1.54) is 5.30 Å². The Kier molecular flexibility index (Phi) is 6.23. The fourth-order valence-corrected chi connectivity index (χ4v) is 5.07. The van der Waals surface area contributed by atoms with Crippen molar-refractivity contribution >= 4 is 30.2 Å². The molecule has 146 valence electrons. The first-order valence-corrected chi connectivity index (χ1v) is 11.3. The van der Waals surface area contributed by atoms with Crippen LogP contribution in [0, 0.1) is 26.0 Å². The molecule has 4 aromatic carbocycles. The molecule has 0 aliphatic rings. The molecule has 1 atom stereocenters. The van der Waals surface area contributed by atoms with Crippen molar-refractivity contribution in [1.82, 2.24) is 5.09 Å². The van der Waals surface area contributed by atoms with Gasteiger partial charge >= 0.3 is 0 Å². The fraction of sp³-hybridized carbons (Fsp3) is 0.0741. The summed E-state index contributed by atoms with van der Waals surface area (Å²) in [7, 11) is -0.897. The Bertz CT molecular complexity index is 1060. The van der Waals surface area contributed by atoms with Gasteiger partial charge in [-0.15, -0.1) is 0 Å². The van der Waals surface area contributed by atoms with E-state index in [-0.39, 0.29) is 0 Å². The van der Waals surface area contributed by atoms with E-state index < -0.39 is 8.07 Å². The summed E-state index contributed by atoms with van der Waals surface area (Å²) in [5, 5.41) is 6.07. The van der Waals surface area contributed by atoms with Crippen LogP contribution in [0.25, 0.3) is 0 Å². The predicted octanol–water partition coefficient (Wildman–Crippen LogP) is 5.62. The van der Waals surface area contributed by atoms with Crippen LogP contribution in [0.3, 0.4) is 0 Å². The molecule has 0 amide bonds. The maximum absolute atomic E-state index is 5.12. The lowest BCUT2D eigenvalue weighted by Crippen LogP contribution is -2.29. The molecule has 0 heterocycles. The summed E-state index contributed by atoms with van der Waals surface area (Å²) in [4.78, 5) is 5.12. The van der Waals surface area contributed by atoms with Crippen LogP contribution < -0.4 is 15.7 Å². The summed E-state index contributed by atoms with van der Waals surface area (Å²) in [6.45, 7) is 4.21. The van der Waals surface area contributed by atoms with E-state index in [2.05, 4.69) is 91.7 Å². The van der Waals surface area contributed by atoms with Crippen molar-refractivity contribution in [3.63, 3.8) is 0 Å². The van der Waals surface area contributed by atoms with E-state index in [0.29, 0.717) is 0 Å². The van der Waals surface area contributed by atoms with Gasteiger partial charge in [-0.1, -0.05) is 97.1 Å². The minimum atomic E-state index is -0.897. The van der Waals surface area contributed by atoms with Gasteiger partial charge in [0, 0.05) is 10.9 Å². The van der Waals surface area contributed by atoms with Crippen molar-refractivity contribution in [2.45, 2.75) is 13.8 Å². The lowest BCUT2D eigenvalue weighted by Gasteiger charge is -2.21. The van der Waals surface area contributed by atoms with E-state index in [4.69, 9.17) is 4.99 Å². The first-order chi connectivity index (χ1) is 14.7. The second-order valence-corrected chi connectivity index (χ2v) is 8.92. The molecule has 0 aliphatic heterocycles. The molecule has 0 radical (unpaired) electrons. The number of para-hydroxylation sites is 1. The highest BCUT2D eigenvalue weighted by Gasteiger charge is 2.17. The lowest BCUT2D eigenvalue weighted by molar-refractivity contribution is 1.30. The minimum absolute atomic E-state index is 0.861. The molecule has 1 unspecified atom stereocenters. The van der Waals surface area contributed by atoms with Crippen molar-refractivity contribution in [1.29, 1.82) is 0 Å². The molecule has 0 aliphatic carbocycles. The Labute approximate surface area is 180 Å². The molecule has 0 aromatic heterocycles. The van der Waals surface area contributed by atoms with Gasteiger partial charge in [-0.2, -0.15) is 0 Å². The number of benzene rings is 3. The fourth-order valence-electron chi connectivity index (χ4n) is 3.27. The number of aliphatic imine (C=N–C) groups is 1. The largest absolute Gasteiger partial charge is 0.341 e. The van der Waals surface area contributed by atoms with Crippen LogP contribution in [-0.2, 0) is 0 Å². The predicted molar refractivity (Wildman–Crippen MR) is 128 cm³/mol. The van der Waals surface area contributed by atoms with Gasteiger partial charge in [-0.25, -0.2) is 4.99 Å². The molecule has 0 fully saturated rings. The number of nitrogens with one attached hydrogen (secondary N) is 1. The van der Waals surface area contributed by atoms with Gasteiger partial charge in [0.2, 0.25) is 0 Å². The highest BCUT2D eigenvalue weighted by atomic mass is 31.1. The summed E-state index contributed by atoms with van der Waals surface area (Å²) in [6.07, 6.45) is 0. The Morgan fingerprint density at radius 2 is 1.43 bits per heavy atom. The van der Waals surface area contributed by atoms with Crippen molar-refractivity contribution in [3.8, 4) is 0 Å². The third-order valence-corrected chi connectivity index (χ3v) is 6.81. The lowest BCUT2D eigenvalue weighted by atomic mass is 10.1.